The van der Waals surface area contributed by atoms with Gasteiger partial charge in [-0.3, -0.25) is 19.9 Å². The van der Waals surface area contributed by atoms with Gasteiger partial charge in [-0.25, -0.2) is 0 Å². The van der Waals surface area contributed by atoms with Gasteiger partial charge in [-0.1, -0.05) is 0 Å². The number of benzene rings is 1. The number of aryl methyl sites for hydroxylation is 1. The minimum absolute atomic E-state index is 0.0216. The number of aromatic nitrogens is 1. The number of nitrogens with one attached hydrogen (secondary N) is 1. The van der Waals surface area contributed by atoms with Gasteiger partial charge >= 0.3 is 0 Å². The number of amides is 1. The first-order chi connectivity index (χ1) is 9.06. The zero-order valence-corrected chi connectivity index (χ0v) is 10.2. The van der Waals surface area contributed by atoms with Gasteiger partial charge in [0.05, 0.1) is 4.92 Å². The fourth-order valence-corrected chi connectivity index (χ4v) is 1.52. The average molecular weight is 257 g/mol. The van der Waals surface area contributed by atoms with Crippen molar-refractivity contribution in [1.82, 2.24) is 4.98 Å². The normalized spacial score (nSPS) is 9.95. The van der Waals surface area contributed by atoms with Crippen molar-refractivity contribution in [2.45, 2.75) is 6.92 Å². The van der Waals surface area contributed by atoms with Gasteiger partial charge in [-0.15, -0.1) is 0 Å². The van der Waals surface area contributed by atoms with Crippen molar-refractivity contribution >= 4 is 17.3 Å². The maximum atomic E-state index is 11.9. The van der Waals surface area contributed by atoms with Crippen molar-refractivity contribution in [2.75, 3.05) is 5.32 Å². The van der Waals surface area contributed by atoms with Crippen LogP contribution in [0.1, 0.15) is 16.1 Å². The predicted octanol–water partition coefficient (Wildman–Crippen LogP) is 2.55. The first kappa shape index (κ1) is 12.7. The van der Waals surface area contributed by atoms with Crippen molar-refractivity contribution in [3.63, 3.8) is 0 Å². The molecule has 96 valence electrons. The molecular formula is C13H11N3O3. The maximum Gasteiger partial charge on any atom is 0.274 e. The lowest BCUT2D eigenvalue weighted by Gasteiger charge is -2.04. The molecule has 2 rings (SSSR count). The minimum atomic E-state index is -0.492. The minimum Gasteiger partial charge on any atom is -0.321 e. The van der Waals surface area contributed by atoms with Gasteiger partial charge < -0.3 is 5.32 Å². The third kappa shape index (κ3) is 3.12. The molecule has 0 aliphatic heterocycles. The summed E-state index contributed by atoms with van der Waals surface area (Å²) in [6.07, 6.45) is 1.56. The topological polar surface area (TPSA) is 85.1 Å². The van der Waals surface area contributed by atoms with E-state index in [9.17, 15) is 14.9 Å². The van der Waals surface area contributed by atoms with Crippen molar-refractivity contribution in [3.8, 4) is 0 Å². The summed E-state index contributed by atoms with van der Waals surface area (Å²) in [5, 5.41) is 13.1. The van der Waals surface area contributed by atoms with E-state index in [1.807, 2.05) is 6.92 Å². The highest BCUT2D eigenvalue weighted by Gasteiger charge is 2.09. The van der Waals surface area contributed by atoms with E-state index in [4.69, 9.17) is 0 Å². The lowest BCUT2D eigenvalue weighted by atomic mass is 10.2. The molecule has 1 aromatic carbocycles. The van der Waals surface area contributed by atoms with Crippen LogP contribution in [0.3, 0.4) is 0 Å². The second-order valence-corrected chi connectivity index (χ2v) is 3.98. The van der Waals surface area contributed by atoms with Gasteiger partial charge in [-0.05, 0) is 36.8 Å². The second-order valence-electron chi connectivity index (χ2n) is 3.98. The number of non-ortho nitro benzene ring substituents is 1. The molecule has 0 fully saturated rings. The second kappa shape index (κ2) is 5.26. The van der Waals surface area contributed by atoms with Crippen LogP contribution in [0.2, 0.25) is 0 Å². The molecule has 0 bridgehead atoms. The average Bonchev–Trinajstić information content (AvgIpc) is 2.39. The number of carbonyl (C=O) groups is 1. The standard InChI is InChI=1S/C13H11N3O3/c1-9-6-7-14-12(8-9)13(17)15-10-2-4-11(5-3-10)16(18)19/h2-8H,1H3,(H,15,17). The van der Waals surface area contributed by atoms with Crippen molar-refractivity contribution < 1.29 is 9.72 Å². The Morgan fingerprint density at radius 3 is 2.53 bits per heavy atom. The van der Waals surface area contributed by atoms with E-state index in [-0.39, 0.29) is 11.6 Å². The van der Waals surface area contributed by atoms with Crippen LogP contribution in [0, 0.1) is 17.0 Å². The molecular weight excluding hydrogens is 246 g/mol. The van der Waals surface area contributed by atoms with Crippen LogP contribution >= 0.6 is 0 Å². The molecule has 0 saturated carbocycles. The van der Waals surface area contributed by atoms with E-state index in [1.165, 1.54) is 24.3 Å². The molecule has 0 saturated heterocycles. The SMILES string of the molecule is Cc1ccnc(C(=O)Nc2ccc([N+](=O)[O-])cc2)c1. The third-order valence-electron chi connectivity index (χ3n) is 2.48. The first-order valence-electron chi connectivity index (χ1n) is 5.55. The zero-order chi connectivity index (χ0) is 13.8. The number of hydrogen-bond donors (Lipinski definition) is 1. The first-order valence-corrected chi connectivity index (χ1v) is 5.55. The molecule has 0 radical (unpaired) electrons. The molecule has 6 heteroatoms. The lowest BCUT2D eigenvalue weighted by Crippen LogP contribution is -2.13. The number of rotatable bonds is 3. The van der Waals surface area contributed by atoms with E-state index in [0.717, 1.165) is 5.56 Å². The fourth-order valence-electron chi connectivity index (χ4n) is 1.52. The molecule has 1 aromatic heterocycles. The Bertz CT molecular complexity index is 623. The highest BCUT2D eigenvalue weighted by atomic mass is 16.6. The summed E-state index contributed by atoms with van der Waals surface area (Å²) < 4.78 is 0. The predicted molar refractivity (Wildman–Crippen MR) is 70.0 cm³/mol. The van der Waals surface area contributed by atoms with Crippen molar-refractivity contribution in [3.05, 3.63) is 64.0 Å². The van der Waals surface area contributed by atoms with Gasteiger partial charge in [0.1, 0.15) is 5.69 Å². The van der Waals surface area contributed by atoms with Crippen LogP contribution in [0.4, 0.5) is 11.4 Å². The molecule has 0 spiro atoms. The van der Waals surface area contributed by atoms with Crippen LogP contribution in [0.15, 0.2) is 42.6 Å². The molecule has 0 aliphatic carbocycles. The molecule has 1 N–H and O–H groups in total. The summed E-state index contributed by atoms with van der Waals surface area (Å²) in [5.41, 5.74) is 1.70. The summed E-state index contributed by atoms with van der Waals surface area (Å²) in [5.74, 6) is -0.349. The third-order valence-corrected chi connectivity index (χ3v) is 2.48. The maximum absolute atomic E-state index is 11.9. The molecule has 1 heterocycles. The smallest absolute Gasteiger partial charge is 0.274 e. The van der Waals surface area contributed by atoms with Crippen LogP contribution in [-0.2, 0) is 0 Å². The summed E-state index contributed by atoms with van der Waals surface area (Å²) in [6.45, 7) is 1.87. The number of nitro groups is 1. The fraction of sp³-hybridized carbons (Fsp3) is 0.0769. The van der Waals surface area contributed by atoms with Gasteiger partial charge in [0.25, 0.3) is 11.6 Å². The van der Waals surface area contributed by atoms with E-state index >= 15 is 0 Å². The Kier molecular flexibility index (Phi) is 3.51. The van der Waals surface area contributed by atoms with Gasteiger partial charge in [0.2, 0.25) is 0 Å². The molecule has 6 nitrogen and oxygen atoms in total. The summed E-state index contributed by atoms with van der Waals surface area (Å²) in [7, 11) is 0. The molecule has 0 aliphatic rings. The van der Waals surface area contributed by atoms with Crippen LogP contribution in [-0.4, -0.2) is 15.8 Å². The van der Waals surface area contributed by atoms with Crippen LogP contribution in [0.5, 0.6) is 0 Å². The summed E-state index contributed by atoms with van der Waals surface area (Å²) in [6, 6.07) is 9.08. The highest BCUT2D eigenvalue weighted by Crippen LogP contribution is 2.16. The molecule has 0 unspecified atom stereocenters. The lowest BCUT2D eigenvalue weighted by molar-refractivity contribution is -0.384. The zero-order valence-electron chi connectivity index (χ0n) is 10.2. The number of nitro benzene ring substituents is 1. The van der Waals surface area contributed by atoms with Gasteiger partial charge in [-0.2, -0.15) is 0 Å². The number of nitrogens with zero attached hydrogens (tertiary/aromatic N) is 2. The monoisotopic (exact) mass is 257 g/mol. The number of hydrogen-bond acceptors (Lipinski definition) is 4. The quantitative estimate of drug-likeness (QED) is 0.676. The van der Waals surface area contributed by atoms with E-state index in [2.05, 4.69) is 10.3 Å². The Morgan fingerprint density at radius 2 is 1.95 bits per heavy atom. The molecule has 1 amide bonds. The molecule has 19 heavy (non-hydrogen) atoms. The highest BCUT2D eigenvalue weighted by molar-refractivity contribution is 6.02. The van der Waals surface area contributed by atoms with Gasteiger partial charge in [0, 0.05) is 24.0 Å². The van der Waals surface area contributed by atoms with E-state index in [1.54, 1.807) is 18.3 Å². The Labute approximate surface area is 109 Å². The van der Waals surface area contributed by atoms with Crippen LogP contribution < -0.4 is 5.32 Å². The van der Waals surface area contributed by atoms with E-state index in [0.29, 0.717) is 11.4 Å². The number of pyridine rings is 1. The Balaban J connectivity index is 2.13. The van der Waals surface area contributed by atoms with Crippen molar-refractivity contribution in [2.24, 2.45) is 0 Å². The largest absolute Gasteiger partial charge is 0.321 e. The Morgan fingerprint density at radius 1 is 1.26 bits per heavy atom. The van der Waals surface area contributed by atoms with Gasteiger partial charge in [0.15, 0.2) is 0 Å². The summed E-state index contributed by atoms with van der Waals surface area (Å²) >= 11 is 0. The number of carbonyl (C=O) groups excluding carboxylic acids is 1. The molecule has 2 aromatic rings. The Hall–Kier alpha value is -2.76. The molecule has 0 atom stereocenters. The van der Waals surface area contributed by atoms with Crippen LogP contribution in [0.25, 0.3) is 0 Å². The number of anilines is 1. The van der Waals surface area contributed by atoms with E-state index < -0.39 is 4.92 Å². The van der Waals surface area contributed by atoms with Crippen molar-refractivity contribution in [1.29, 1.82) is 0 Å². The summed E-state index contributed by atoms with van der Waals surface area (Å²) in [4.78, 5) is 25.8.